The highest BCUT2D eigenvalue weighted by Crippen LogP contribution is 2.29. The number of benzene rings is 2. The molecule has 0 unspecified atom stereocenters. The van der Waals surface area contributed by atoms with Gasteiger partial charge in [0.2, 0.25) is 5.69 Å². The molecular formula is C21H22ClN3O. The van der Waals surface area contributed by atoms with E-state index in [-0.39, 0.29) is 11.9 Å². The molecule has 134 valence electrons. The van der Waals surface area contributed by atoms with Crippen molar-refractivity contribution in [3.63, 3.8) is 0 Å². The fourth-order valence-electron chi connectivity index (χ4n) is 3.28. The molecule has 0 aromatic heterocycles. The number of nitrogens with zero attached hydrogens (tertiary/aromatic N) is 1. The number of anilines is 1. The molecule has 26 heavy (non-hydrogen) atoms. The Balaban J connectivity index is 1.49. The van der Waals surface area contributed by atoms with Gasteiger partial charge in [0, 0.05) is 28.4 Å². The zero-order valence-electron chi connectivity index (χ0n) is 14.8. The molecule has 0 atom stereocenters. The van der Waals surface area contributed by atoms with E-state index in [1.165, 1.54) is 0 Å². The number of aryl methyl sites for hydroxylation is 1. The van der Waals surface area contributed by atoms with Crippen molar-refractivity contribution in [1.82, 2.24) is 5.32 Å². The Kier molecular flexibility index (Phi) is 5.80. The predicted molar refractivity (Wildman–Crippen MR) is 106 cm³/mol. The van der Waals surface area contributed by atoms with Crippen molar-refractivity contribution in [2.75, 3.05) is 5.32 Å². The molecule has 0 heterocycles. The van der Waals surface area contributed by atoms with Gasteiger partial charge in [-0.05, 0) is 56.9 Å². The van der Waals surface area contributed by atoms with Crippen LogP contribution in [0.25, 0.3) is 4.85 Å². The van der Waals surface area contributed by atoms with Crippen molar-refractivity contribution in [3.8, 4) is 0 Å². The van der Waals surface area contributed by atoms with Crippen LogP contribution in [0, 0.1) is 13.5 Å². The molecule has 3 rings (SSSR count). The molecule has 4 nitrogen and oxygen atoms in total. The van der Waals surface area contributed by atoms with Gasteiger partial charge < -0.3 is 10.6 Å². The molecule has 1 saturated carbocycles. The van der Waals surface area contributed by atoms with E-state index in [0.717, 1.165) is 36.9 Å². The maximum absolute atomic E-state index is 12.3. The maximum atomic E-state index is 12.3. The van der Waals surface area contributed by atoms with E-state index >= 15 is 0 Å². The molecule has 0 saturated heterocycles. The molecule has 1 amide bonds. The van der Waals surface area contributed by atoms with Crippen LogP contribution in [0.2, 0.25) is 5.02 Å². The Bertz CT molecular complexity index is 818. The number of nitrogens with one attached hydrogen (secondary N) is 2. The van der Waals surface area contributed by atoms with Crippen molar-refractivity contribution in [3.05, 3.63) is 70.0 Å². The Morgan fingerprint density at radius 1 is 1.08 bits per heavy atom. The normalized spacial score (nSPS) is 19.4. The van der Waals surface area contributed by atoms with Gasteiger partial charge in [-0.25, -0.2) is 4.85 Å². The SMILES string of the molecule is [C-]#[N+]c1ccc(NC2CCC(NC(=O)c3ccc(C)cc3)CC2)cc1Cl. The summed E-state index contributed by atoms with van der Waals surface area (Å²) >= 11 is 6.09. The van der Waals surface area contributed by atoms with Gasteiger partial charge in [-0.2, -0.15) is 0 Å². The van der Waals surface area contributed by atoms with E-state index < -0.39 is 0 Å². The van der Waals surface area contributed by atoms with Gasteiger partial charge in [0.05, 0.1) is 6.57 Å². The second kappa shape index (κ2) is 8.25. The highest BCUT2D eigenvalue weighted by atomic mass is 35.5. The summed E-state index contributed by atoms with van der Waals surface area (Å²) in [5.41, 5.74) is 3.28. The molecule has 1 fully saturated rings. The number of carbonyl (C=O) groups excluding carboxylic acids is 1. The predicted octanol–water partition coefficient (Wildman–Crippen LogP) is 5.35. The lowest BCUT2D eigenvalue weighted by atomic mass is 9.90. The Hall–Kier alpha value is -2.51. The molecule has 2 aromatic carbocycles. The van der Waals surface area contributed by atoms with Gasteiger partial charge >= 0.3 is 0 Å². The number of halogens is 1. The lowest BCUT2D eigenvalue weighted by Gasteiger charge is -2.30. The molecule has 0 spiro atoms. The minimum atomic E-state index is 0.00271. The molecule has 2 N–H and O–H groups in total. The average molecular weight is 368 g/mol. The van der Waals surface area contributed by atoms with E-state index in [0.29, 0.717) is 22.3 Å². The third-order valence-electron chi connectivity index (χ3n) is 4.82. The van der Waals surface area contributed by atoms with Gasteiger partial charge in [-0.3, -0.25) is 4.79 Å². The second-order valence-corrected chi connectivity index (χ2v) is 7.22. The second-order valence-electron chi connectivity index (χ2n) is 6.81. The largest absolute Gasteiger partial charge is 0.382 e. The lowest BCUT2D eigenvalue weighted by Crippen LogP contribution is -2.40. The summed E-state index contributed by atoms with van der Waals surface area (Å²) in [6.07, 6.45) is 3.87. The Labute approximate surface area is 159 Å². The third kappa shape index (κ3) is 4.56. The number of hydrogen-bond donors (Lipinski definition) is 2. The van der Waals surface area contributed by atoms with Crippen molar-refractivity contribution < 1.29 is 4.79 Å². The number of hydrogen-bond acceptors (Lipinski definition) is 2. The summed E-state index contributed by atoms with van der Waals surface area (Å²) in [6.45, 7) is 9.06. The van der Waals surface area contributed by atoms with Crippen LogP contribution in [0.15, 0.2) is 42.5 Å². The van der Waals surface area contributed by atoms with Gasteiger partial charge in [-0.1, -0.05) is 35.4 Å². The lowest BCUT2D eigenvalue weighted by molar-refractivity contribution is 0.0926. The van der Waals surface area contributed by atoms with Crippen LogP contribution in [0.5, 0.6) is 0 Å². The summed E-state index contributed by atoms with van der Waals surface area (Å²) in [7, 11) is 0. The van der Waals surface area contributed by atoms with E-state index in [1.54, 1.807) is 12.1 Å². The summed E-state index contributed by atoms with van der Waals surface area (Å²) in [5, 5.41) is 7.10. The van der Waals surface area contributed by atoms with Gasteiger partial charge in [0.15, 0.2) is 0 Å². The minimum Gasteiger partial charge on any atom is -0.382 e. The molecular weight excluding hydrogens is 346 g/mol. The van der Waals surface area contributed by atoms with Crippen molar-refractivity contribution in [1.29, 1.82) is 0 Å². The van der Waals surface area contributed by atoms with Crippen LogP contribution in [-0.2, 0) is 0 Å². The Morgan fingerprint density at radius 2 is 1.73 bits per heavy atom. The highest BCUT2D eigenvalue weighted by molar-refractivity contribution is 6.33. The standard InChI is InChI=1S/C21H22ClN3O/c1-14-3-5-15(6-4-14)21(26)25-17-9-7-16(8-10-17)24-18-11-12-20(23-2)19(22)13-18/h3-6,11-13,16-17,24H,7-10H2,1H3,(H,25,26). The summed E-state index contributed by atoms with van der Waals surface area (Å²) in [4.78, 5) is 15.7. The van der Waals surface area contributed by atoms with E-state index in [1.807, 2.05) is 37.3 Å². The molecule has 1 aliphatic rings. The van der Waals surface area contributed by atoms with Crippen LogP contribution >= 0.6 is 11.6 Å². The van der Waals surface area contributed by atoms with Gasteiger partial charge in [-0.15, -0.1) is 0 Å². The molecule has 1 aliphatic carbocycles. The van der Waals surface area contributed by atoms with Crippen molar-refractivity contribution in [2.45, 2.75) is 44.7 Å². The molecule has 0 bridgehead atoms. The topological polar surface area (TPSA) is 45.5 Å². The highest BCUT2D eigenvalue weighted by Gasteiger charge is 2.22. The molecule has 0 aliphatic heterocycles. The first-order chi connectivity index (χ1) is 12.5. The zero-order chi connectivity index (χ0) is 18.5. The van der Waals surface area contributed by atoms with Gasteiger partial charge in [0.25, 0.3) is 5.91 Å². The van der Waals surface area contributed by atoms with Gasteiger partial charge in [0.1, 0.15) is 0 Å². The average Bonchev–Trinajstić information content (AvgIpc) is 2.64. The molecule has 2 aromatic rings. The summed E-state index contributed by atoms with van der Waals surface area (Å²) in [6, 6.07) is 13.7. The molecule has 0 radical (unpaired) electrons. The number of rotatable bonds is 4. The fraction of sp³-hybridized carbons (Fsp3) is 0.333. The van der Waals surface area contributed by atoms with E-state index in [9.17, 15) is 4.79 Å². The first-order valence-corrected chi connectivity index (χ1v) is 9.24. The van der Waals surface area contributed by atoms with Crippen LogP contribution in [0.3, 0.4) is 0 Å². The molecule has 5 heteroatoms. The van der Waals surface area contributed by atoms with Crippen molar-refractivity contribution >= 4 is 28.9 Å². The van der Waals surface area contributed by atoms with Crippen molar-refractivity contribution in [2.24, 2.45) is 0 Å². The Morgan fingerprint density at radius 3 is 2.35 bits per heavy atom. The third-order valence-corrected chi connectivity index (χ3v) is 5.12. The van der Waals surface area contributed by atoms with Crippen LogP contribution in [-0.4, -0.2) is 18.0 Å². The first kappa shape index (κ1) is 18.3. The van der Waals surface area contributed by atoms with E-state index in [4.69, 9.17) is 18.2 Å². The monoisotopic (exact) mass is 367 g/mol. The number of carbonyl (C=O) groups is 1. The first-order valence-electron chi connectivity index (χ1n) is 8.86. The van der Waals surface area contributed by atoms with Crippen LogP contribution in [0.1, 0.15) is 41.6 Å². The number of amides is 1. The van der Waals surface area contributed by atoms with Crippen LogP contribution in [0.4, 0.5) is 11.4 Å². The van der Waals surface area contributed by atoms with Crippen LogP contribution < -0.4 is 10.6 Å². The minimum absolute atomic E-state index is 0.00271. The maximum Gasteiger partial charge on any atom is 0.251 e. The fourth-order valence-corrected chi connectivity index (χ4v) is 3.50. The summed E-state index contributed by atoms with van der Waals surface area (Å²) < 4.78 is 0. The smallest absolute Gasteiger partial charge is 0.251 e. The quantitative estimate of drug-likeness (QED) is 0.715. The van der Waals surface area contributed by atoms with E-state index in [2.05, 4.69) is 15.5 Å². The zero-order valence-corrected chi connectivity index (χ0v) is 15.5. The summed E-state index contributed by atoms with van der Waals surface area (Å²) in [5.74, 6) is 0.00271.